The summed E-state index contributed by atoms with van der Waals surface area (Å²) in [4.78, 5) is -0.0666. The van der Waals surface area contributed by atoms with E-state index in [9.17, 15) is 16.8 Å². The first-order chi connectivity index (χ1) is 12.5. The fourth-order valence-corrected chi connectivity index (χ4v) is 5.20. The Kier molecular flexibility index (Phi) is 9.36. The number of unbranched alkanes of at least 4 members (excludes halogenated alkanes) is 2. The second kappa shape index (κ2) is 10.5. The lowest BCUT2D eigenvalue weighted by atomic mass is 10.2. The van der Waals surface area contributed by atoms with E-state index in [1.165, 1.54) is 12.1 Å². The third-order valence-corrected chi connectivity index (χ3v) is 7.23. The zero-order valence-electron chi connectivity index (χ0n) is 16.4. The van der Waals surface area contributed by atoms with Gasteiger partial charge in [-0.2, -0.15) is 8.42 Å². The van der Waals surface area contributed by atoms with Crippen LogP contribution in [0.4, 0.5) is 0 Å². The van der Waals surface area contributed by atoms with Crippen molar-refractivity contribution in [2.24, 2.45) is 0 Å². The summed E-state index contributed by atoms with van der Waals surface area (Å²) in [6, 6.07) is 5.99. The summed E-state index contributed by atoms with van der Waals surface area (Å²) in [6.07, 6.45) is 2.87. The smallest absolute Gasteiger partial charge is 0.294 e. The van der Waals surface area contributed by atoms with E-state index in [0.29, 0.717) is 23.4 Å². The number of hydrogen-bond acceptors (Lipinski definition) is 5. The number of likely N-dealkylation sites (N-methyl/N-ethyl adjacent to an activating group) is 1. The topological polar surface area (TPSA) is 97.7 Å². The zero-order valence-corrected chi connectivity index (χ0v) is 18.1. The number of rotatable bonds is 7. The molecule has 1 aromatic carbocycles. The molecule has 0 bridgehead atoms. The molecule has 9 heteroatoms. The van der Waals surface area contributed by atoms with Crippen LogP contribution in [0, 0.1) is 6.92 Å². The average Bonchev–Trinajstić information content (AvgIpc) is 2.55. The first kappa shape index (κ1) is 24.0. The van der Waals surface area contributed by atoms with Crippen LogP contribution < -0.4 is 0 Å². The number of hydrogen-bond donors (Lipinski definition) is 1. The van der Waals surface area contributed by atoms with Gasteiger partial charge in [-0.1, -0.05) is 37.5 Å². The van der Waals surface area contributed by atoms with Gasteiger partial charge in [0.1, 0.15) is 13.1 Å². The van der Waals surface area contributed by atoms with Crippen molar-refractivity contribution in [3.05, 3.63) is 29.8 Å². The third-order valence-electron chi connectivity index (χ3n) is 4.44. The second-order valence-electron chi connectivity index (χ2n) is 7.25. The summed E-state index contributed by atoms with van der Waals surface area (Å²) in [5.74, 6) is 0.621. The molecule has 0 aromatic heterocycles. The Bertz CT molecular complexity index is 767. The molecular formula is C18H32NO6S2+. The number of benzene rings is 1. The number of nitrogens with zero attached hydrogens (tertiary/aromatic N) is 1. The van der Waals surface area contributed by atoms with Crippen molar-refractivity contribution in [2.45, 2.75) is 38.0 Å². The van der Waals surface area contributed by atoms with E-state index in [-0.39, 0.29) is 10.8 Å². The van der Waals surface area contributed by atoms with Gasteiger partial charge in [0.2, 0.25) is 9.84 Å². The van der Waals surface area contributed by atoms with Crippen molar-refractivity contribution < 1.29 is 30.6 Å². The minimum absolute atomic E-state index is 0.0666. The van der Waals surface area contributed by atoms with Crippen LogP contribution in [0.5, 0.6) is 0 Å². The van der Waals surface area contributed by atoms with Gasteiger partial charge in [-0.15, -0.1) is 0 Å². The first-order valence-electron chi connectivity index (χ1n) is 9.13. The van der Waals surface area contributed by atoms with Crippen molar-refractivity contribution >= 4 is 20.0 Å². The van der Waals surface area contributed by atoms with E-state index in [2.05, 4.69) is 6.92 Å². The molecular weight excluding hydrogens is 390 g/mol. The van der Waals surface area contributed by atoms with Crippen molar-refractivity contribution in [2.75, 3.05) is 45.0 Å². The molecule has 2 rings (SSSR count). The van der Waals surface area contributed by atoms with Crippen LogP contribution in [0.1, 0.15) is 31.7 Å². The Labute approximate surface area is 163 Å². The molecule has 0 spiro atoms. The lowest BCUT2D eigenvalue weighted by molar-refractivity contribution is -0.905. The van der Waals surface area contributed by atoms with Crippen LogP contribution in [0.15, 0.2) is 29.2 Å². The van der Waals surface area contributed by atoms with Crippen molar-refractivity contribution in [1.29, 1.82) is 0 Å². The van der Waals surface area contributed by atoms with Crippen LogP contribution in [0.2, 0.25) is 0 Å². The molecule has 27 heavy (non-hydrogen) atoms. The lowest BCUT2D eigenvalue weighted by Gasteiger charge is -2.36. The Morgan fingerprint density at radius 1 is 1.04 bits per heavy atom. The van der Waals surface area contributed by atoms with Gasteiger partial charge in [0, 0.05) is 0 Å². The van der Waals surface area contributed by atoms with Gasteiger partial charge in [-0.25, -0.2) is 8.42 Å². The summed E-state index contributed by atoms with van der Waals surface area (Å²) in [5, 5.41) is 0. The highest BCUT2D eigenvalue weighted by molar-refractivity contribution is 7.91. The highest BCUT2D eigenvalue weighted by Gasteiger charge is 2.30. The van der Waals surface area contributed by atoms with Gasteiger partial charge in [0.25, 0.3) is 10.1 Å². The highest BCUT2D eigenvalue weighted by Crippen LogP contribution is 2.12. The standard InChI is InChI=1S/C11H24NO3S.C7H8O3S/c1-3-4-5-10-16(13,14)11-12(2)6-8-15-9-7-12;1-6-2-4-7(5-3-6)11(8,9)10/h3-11H2,1-2H3;2-5H,1H3,(H,8,9,10)/q+1;. The molecule has 0 aliphatic carbocycles. The first-order valence-corrected chi connectivity index (χ1v) is 12.4. The van der Waals surface area contributed by atoms with Gasteiger partial charge >= 0.3 is 0 Å². The zero-order chi connectivity index (χ0) is 20.6. The quantitative estimate of drug-likeness (QED) is 0.411. The van der Waals surface area contributed by atoms with Gasteiger partial charge in [-0.05, 0) is 25.5 Å². The number of sulfone groups is 1. The van der Waals surface area contributed by atoms with E-state index in [1.807, 2.05) is 14.0 Å². The van der Waals surface area contributed by atoms with E-state index < -0.39 is 20.0 Å². The van der Waals surface area contributed by atoms with E-state index >= 15 is 0 Å². The molecule has 7 nitrogen and oxygen atoms in total. The second-order valence-corrected chi connectivity index (χ2v) is 10.8. The summed E-state index contributed by atoms with van der Waals surface area (Å²) in [5.41, 5.74) is 0.956. The average molecular weight is 423 g/mol. The molecule has 0 saturated carbocycles. The minimum Gasteiger partial charge on any atom is -0.370 e. The normalized spacial score (nSPS) is 17.0. The highest BCUT2D eigenvalue weighted by atomic mass is 32.2. The maximum atomic E-state index is 11.9. The van der Waals surface area contributed by atoms with E-state index in [4.69, 9.17) is 9.29 Å². The molecule has 1 saturated heterocycles. The summed E-state index contributed by atoms with van der Waals surface area (Å²) in [7, 11) is -4.90. The number of ether oxygens (including phenoxy) is 1. The number of morpholine rings is 1. The molecule has 1 N–H and O–H groups in total. The summed E-state index contributed by atoms with van der Waals surface area (Å²) in [6.45, 7) is 6.91. The van der Waals surface area contributed by atoms with Crippen LogP contribution in [-0.4, -0.2) is 70.9 Å². The molecule has 0 amide bonds. The Morgan fingerprint density at radius 3 is 2.07 bits per heavy atom. The molecule has 156 valence electrons. The van der Waals surface area contributed by atoms with Gasteiger partial charge in [-0.3, -0.25) is 4.55 Å². The molecule has 1 aliphatic heterocycles. The van der Waals surface area contributed by atoms with Gasteiger partial charge in [0.05, 0.1) is 30.9 Å². The van der Waals surface area contributed by atoms with Gasteiger partial charge in [0.15, 0.2) is 5.88 Å². The predicted octanol–water partition coefficient (Wildman–Crippen LogP) is 2.27. The molecule has 0 radical (unpaired) electrons. The summed E-state index contributed by atoms with van der Waals surface area (Å²) >= 11 is 0. The van der Waals surface area contributed by atoms with Crippen molar-refractivity contribution in [3.63, 3.8) is 0 Å². The van der Waals surface area contributed by atoms with Gasteiger partial charge < -0.3 is 9.22 Å². The maximum Gasteiger partial charge on any atom is 0.294 e. The predicted molar refractivity (Wildman–Crippen MR) is 106 cm³/mol. The molecule has 1 aliphatic rings. The summed E-state index contributed by atoms with van der Waals surface area (Å²) < 4.78 is 59.3. The number of aryl methyl sites for hydroxylation is 1. The van der Waals surface area contributed by atoms with Crippen LogP contribution in [0.3, 0.4) is 0 Å². The molecule has 0 unspecified atom stereocenters. The number of quaternary nitrogens is 1. The lowest BCUT2D eigenvalue weighted by Crippen LogP contribution is -2.54. The fourth-order valence-electron chi connectivity index (χ4n) is 2.73. The minimum atomic E-state index is -4.02. The van der Waals surface area contributed by atoms with Crippen LogP contribution in [-0.2, 0) is 24.7 Å². The third kappa shape index (κ3) is 9.66. The SMILES string of the molecule is CCCCCS(=O)(=O)C[N+]1(C)CCOCC1.Cc1ccc(S(=O)(=O)O)cc1. The van der Waals surface area contributed by atoms with E-state index in [0.717, 1.165) is 37.9 Å². The monoisotopic (exact) mass is 422 g/mol. The largest absolute Gasteiger partial charge is 0.370 e. The van der Waals surface area contributed by atoms with E-state index in [1.54, 1.807) is 12.1 Å². The van der Waals surface area contributed by atoms with Crippen LogP contribution in [0.25, 0.3) is 0 Å². The maximum absolute atomic E-state index is 11.9. The Balaban J connectivity index is 0.000000289. The van der Waals surface area contributed by atoms with Crippen molar-refractivity contribution in [3.8, 4) is 0 Å². The Hall–Kier alpha value is -1.00. The molecule has 0 atom stereocenters. The fraction of sp³-hybridized carbons (Fsp3) is 0.667. The van der Waals surface area contributed by atoms with Crippen LogP contribution >= 0.6 is 0 Å². The molecule has 1 heterocycles. The molecule has 1 fully saturated rings. The Morgan fingerprint density at radius 2 is 1.59 bits per heavy atom. The molecule has 1 aromatic rings. The van der Waals surface area contributed by atoms with Crippen molar-refractivity contribution in [1.82, 2.24) is 0 Å².